The Morgan fingerprint density at radius 2 is 1.95 bits per heavy atom. The van der Waals surface area contributed by atoms with Crippen molar-refractivity contribution in [3.63, 3.8) is 0 Å². The number of aliphatic hydroxyl groups is 2. The molecule has 3 amide bonds. The summed E-state index contributed by atoms with van der Waals surface area (Å²) in [5.74, 6) is -2.61. The zero-order chi connectivity index (χ0) is 28.4. The molecule has 2 saturated heterocycles. The summed E-state index contributed by atoms with van der Waals surface area (Å²) in [5.41, 5.74) is 11.8. The van der Waals surface area contributed by atoms with Crippen LogP contribution in [0.2, 0.25) is 0 Å². The summed E-state index contributed by atoms with van der Waals surface area (Å²) in [6.07, 6.45) is 2.72. The molecule has 6 rings (SSSR count). The van der Waals surface area contributed by atoms with Gasteiger partial charge in [-0.2, -0.15) is 0 Å². The van der Waals surface area contributed by atoms with Gasteiger partial charge in [0.05, 0.1) is 18.2 Å². The first-order valence-electron chi connectivity index (χ1n) is 13.7. The van der Waals surface area contributed by atoms with Crippen molar-refractivity contribution < 1.29 is 24.5 Å². The summed E-state index contributed by atoms with van der Waals surface area (Å²) in [6.45, 7) is 6.01. The van der Waals surface area contributed by atoms with E-state index in [1.54, 1.807) is 17.0 Å². The van der Waals surface area contributed by atoms with E-state index in [1.807, 2.05) is 6.07 Å². The number of fused-ring (bicyclic) bond motifs is 1. The van der Waals surface area contributed by atoms with Crippen LogP contribution < -0.4 is 32.2 Å². The lowest BCUT2D eigenvalue weighted by Gasteiger charge is -2.49. The zero-order valence-electron chi connectivity index (χ0n) is 22.7. The fourth-order valence-electron chi connectivity index (χ4n) is 6.66. The van der Waals surface area contributed by atoms with Crippen molar-refractivity contribution in [3.8, 4) is 5.75 Å². The Morgan fingerprint density at radius 3 is 2.70 bits per heavy atom. The van der Waals surface area contributed by atoms with Crippen LogP contribution in [0.5, 0.6) is 5.75 Å². The van der Waals surface area contributed by atoms with E-state index >= 15 is 0 Å². The number of amides is 3. The quantitative estimate of drug-likeness (QED) is 0.212. The summed E-state index contributed by atoms with van der Waals surface area (Å²) < 4.78 is 5.90. The number of para-hydroxylation sites is 1. The minimum absolute atomic E-state index is 0.0143. The predicted molar refractivity (Wildman–Crippen MR) is 146 cm³/mol. The first kappa shape index (κ1) is 26.4. The molecule has 0 aromatic heterocycles. The van der Waals surface area contributed by atoms with Crippen molar-refractivity contribution >= 4 is 23.9 Å². The van der Waals surface area contributed by atoms with Crippen LogP contribution in [0.25, 0.3) is 0 Å². The van der Waals surface area contributed by atoms with Gasteiger partial charge in [0.15, 0.2) is 17.6 Å². The monoisotopic (exact) mass is 555 g/mol. The molecule has 5 heterocycles. The second kappa shape index (κ2) is 9.13. The van der Waals surface area contributed by atoms with Crippen LogP contribution in [-0.2, 0) is 5.41 Å². The third-order valence-corrected chi connectivity index (χ3v) is 8.92. The standard InChI is InChI=1S/C26H37N9O5/c1-24(2)8-11-40-18-14(6-5-7-15(18)24)20(36)31-17-13-35-22(28)30-16(12-29-23(37)34-9-3-4-10-34)19-25(35,26(17,38)39)33-21(27)32-19/h5-7,16-17,19,38-39H,3-4,8-13H2,1-2H3,(H2,28,30)(H,29,37)(H,31,36)(H3,27,32,33)/t16-,17?,19?,25-/m0/s1. The van der Waals surface area contributed by atoms with Crippen LogP contribution >= 0.6 is 0 Å². The number of urea groups is 1. The number of nitrogens with one attached hydrogen (secondary N) is 3. The molecule has 1 spiro atoms. The highest BCUT2D eigenvalue weighted by Crippen LogP contribution is 2.45. The molecule has 14 nitrogen and oxygen atoms in total. The second-order valence-electron chi connectivity index (χ2n) is 11.8. The molecular weight excluding hydrogens is 518 g/mol. The number of aliphatic imine (C=N–C) groups is 2. The first-order valence-corrected chi connectivity index (χ1v) is 13.7. The van der Waals surface area contributed by atoms with Crippen molar-refractivity contribution in [2.45, 2.75) is 68.1 Å². The number of guanidine groups is 2. The van der Waals surface area contributed by atoms with Crippen LogP contribution in [0, 0.1) is 0 Å². The topological polar surface area (TPSA) is 203 Å². The minimum Gasteiger partial charge on any atom is -0.492 e. The summed E-state index contributed by atoms with van der Waals surface area (Å²) in [6, 6.07) is 2.31. The van der Waals surface area contributed by atoms with E-state index in [9.17, 15) is 19.8 Å². The number of nitrogens with two attached hydrogens (primary N) is 2. The lowest BCUT2D eigenvalue weighted by molar-refractivity contribution is -0.230. The molecule has 4 atom stereocenters. The second-order valence-corrected chi connectivity index (χ2v) is 11.8. The molecule has 5 aliphatic rings. The molecule has 9 N–H and O–H groups in total. The van der Waals surface area contributed by atoms with Gasteiger partial charge in [-0.1, -0.05) is 26.0 Å². The van der Waals surface area contributed by atoms with Crippen LogP contribution in [0.3, 0.4) is 0 Å². The summed E-state index contributed by atoms with van der Waals surface area (Å²) in [5, 5.41) is 32.0. The molecule has 0 saturated carbocycles. The summed E-state index contributed by atoms with van der Waals surface area (Å²) in [7, 11) is 0. The normalized spacial score (nSPS) is 31.1. The van der Waals surface area contributed by atoms with Crippen molar-refractivity contribution in [1.29, 1.82) is 0 Å². The largest absolute Gasteiger partial charge is 0.492 e. The van der Waals surface area contributed by atoms with Gasteiger partial charge in [0.1, 0.15) is 17.8 Å². The van der Waals surface area contributed by atoms with E-state index in [1.165, 1.54) is 4.90 Å². The van der Waals surface area contributed by atoms with Crippen molar-refractivity contribution in [1.82, 2.24) is 25.8 Å². The number of rotatable bonds is 4. The molecular formula is C26H37N9O5. The van der Waals surface area contributed by atoms with Crippen LogP contribution in [0.4, 0.5) is 4.79 Å². The molecule has 1 aromatic rings. The Hall–Kier alpha value is -3.78. The lowest BCUT2D eigenvalue weighted by atomic mass is 9.79. The number of ether oxygens (including phenoxy) is 1. The Balaban J connectivity index is 1.26. The first-order chi connectivity index (χ1) is 19.0. The molecule has 5 aliphatic heterocycles. The number of likely N-dealkylation sites (tertiary alicyclic amines) is 1. The number of carbonyl (C=O) groups is 2. The summed E-state index contributed by atoms with van der Waals surface area (Å²) in [4.78, 5) is 38.4. The van der Waals surface area contributed by atoms with E-state index in [-0.39, 0.29) is 36.5 Å². The van der Waals surface area contributed by atoms with Crippen LogP contribution in [-0.4, -0.2) is 106 Å². The van der Waals surface area contributed by atoms with Crippen molar-refractivity contribution in [2.75, 3.05) is 32.8 Å². The lowest BCUT2D eigenvalue weighted by Crippen LogP contribution is -2.78. The number of nitrogens with zero attached hydrogens (tertiary/aromatic N) is 4. The van der Waals surface area contributed by atoms with E-state index in [2.05, 4.69) is 39.8 Å². The number of benzene rings is 1. The van der Waals surface area contributed by atoms with E-state index < -0.39 is 35.5 Å². The SMILES string of the molecule is CC1(C)CCOc2c(C(=O)NC3CN4C(N)=N[C@@H](CNC(=O)N5CCCC5)C5N=C(N)N[C@@]54C3(O)O)cccc21. The highest BCUT2D eigenvalue weighted by Gasteiger charge is 2.73. The van der Waals surface area contributed by atoms with Gasteiger partial charge in [0, 0.05) is 31.7 Å². The fraction of sp³-hybridized carbons (Fsp3) is 0.615. The minimum atomic E-state index is -2.58. The van der Waals surface area contributed by atoms with Gasteiger partial charge < -0.3 is 52.2 Å². The molecule has 0 radical (unpaired) electrons. The van der Waals surface area contributed by atoms with Gasteiger partial charge in [-0.15, -0.1) is 0 Å². The highest BCUT2D eigenvalue weighted by molar-refractivity contribution is 5.98. The van der Waals surface area contributed by atoms with E-state index in [0.717, 1.165) is 24.8 Å². The van der Waals surface area contributed by atoms with E-state index in [0.29, 0.717) is 31.0 Å². The Morgan fingerprint density at radius 1 is 1.20 bits per heavy atom. The number of carbonyl (C=O) groups excluding carboxylic acids is 2. The third kappa shape index (κ3) is 3.84. The van der Waals surface area contributed by atoms with Gasteiger partial charge in [0.25, 0.3) is 5.91 Å². The molecule has 0 bridgehead atoms. The molecule has 2 unspecified atom stereocenters. The Bertz CT molecular complexity index is 1290. The van der Waals surface area contributed by atoms with Crippen LogP contribution in [0.15, 0.2) is 28.2 Å². The third-order valence-electron chi connectivity index (χ3n) is 8.92. The number of hydrogen-bond acceptors (Lipinski definition) is 11. The van der Waals surface area contributed by atoms with E-state index in [4.69, 9.17) is 16.2 Å². The zero-order valence-corrected chi connectivity index (χ0v) is 22.7. The average Bonchev–Trinajstić information content (AvgIpc) is 3.61. The average molecular weight is 556 g/mol. The molecule has 40 heavy (non-hydrogen) atoms. The molecule has 216 valence electrons. The van der Waals surface area contributed by atoms with Gasteiger partial charge in [-0.05, 0) is 30.7 Å². The van der Waals surface area contributed by atoms with Gasteiger partial charge >= 0.3 is 6.03 Å². The fourth-order valence-corrected chi connectivity index (χ4v) is 6.66. The van der Waals surface area contributed by atoms with Crippen molar-refractivity contribution in [2.24, 2.45) is 21.5 Å². The maximum atomic E-state index is 13.6. The Labute approximate surface area is 231 Å². The smallest absolute Gasteiger partial charge is 0.317 e. The predicted octanol–water partition coefficient (Wildman–Crippen LogP) is -1.67. The van der Waals surface area contributed by atoms with Gasteiger partial charge in [-0.3, -0.25) is 4.79 Å². The van der Waals surface area contributed by atoms with Gasteiger partial charge in [-0.25, -0.2) is 14.8 Å². The molecule has 2 fully saturated rings. The molecule has 0 aliphatic carbocycles. The van der Waals surface area contributed by atoms with Crippen molar-refractivity contribution in [3.05, 3.63) is 29.3 Å². The summed E-state index contributed by atoms with van der Waals surface area (Å²) >= 11 is 0. The Kier molecular flexibility index (Phi) is 6.03. The maximum Gasteiger partial charge on any atom is 0.317 e. The molecule has 14 heteroatoms. The van der Waals surface area contributed by atoms with Gasteiger partial charge in [0.2, 0.25) is 5.79 Å². The van der Waals surface area contributed by atoms with Crippen LogP contribution in [0.1, 0.15) is 49.0 Å². The maximum absolute atomic E-state index is 13.6. The number of hydrogen-bond donors (Lipinski definition) is 7. The molecule has 1 aromatic carbocycles. The highest BCUT2D eigenvalue weighted by atomic mass is 16.5.